The number of carbonyl (C=O) groups is 2. The molecule has 0 aromatic heterocycles. The molecule has 0 radical (unpaired) electrons. The van der Waals surface area contributed by atoms with Gasteiger partial charge in [0.15, 0.2) is 11.5 Å². The molecule has 9 nitrogen and oxygen atoms in total. The highest BCUT2D eigenvalue weighted by atomic mass is 32.2. The van der Waals surface area contributed by atoms with Crippen LogP contribution >= 0.6 is 0 Å². The van der Waals surface area contributed by atoms with Gasteiger partial charge in [-0.05, 0) is 55.2 Å². The van der Waals surface area contributed by atoms with Crippen molar-refractivity contribution in [2.75, 3.05) is 24.1 Å². The monoisotopic (exact) mass is 681 g/mol. The van der Waals surface area contributed by atoms with E-state index in [1.165, 1.54) is 12.1 Å². The van der Waals surface area contributed by atoms with Gasteiger partial charge >= 0.3 is 0 Å². The zero-order chi connectivity index (χ0) is 34.2. The Balaban J connectivity index is 1.40. The molecule has 0 spiro atoms. The molecule has 49 heavy (non-hydrogen) atoms. The maximum absolute atomic E-state index is 14.8. The van der Waals surface area contributed by atoms with Crippen LogP contribution in [0.5, 0.6) is 11.5 Å². The van der Waals surface area contributed by atoms with Crippen LogP contribution in [0.15, 0.2) is 108 Å². The van der Waals surface area contributed by atoms with Crippen molar-refractivity contribution in [2.45, 2.75) is 69.0 Å². The summed E-state index contributed by atoms with van der Waals surface area (Å²) in [6.45, 7) is 2.28. The van der Waals surface area contributed by atoms with Crippen molar-refractivity contribution in [1.29, 1.82) is 0 Å². The molecule has 2 aliphatic rings. The number of nitrogens with zero attached hydrogens (tertiary/aromatic N) is 2. The molecule has 2 amide bonds. The molecule has 6 rings (SSSR count). The summed E-state index contributed by atoms with van der Waals surface area (Å²) in [5, 5.41) is 3.25. The quantitative estimate of drug-likeness (QED) is 0.195. The first kappa shape index (κ1) is 34.0. The number of anilines is 1. The van der Waals surface area contributed by atoms with Crippen LogP contribution in [0.25, 0.3) is 0 Å². The number of aryl methyl sites for hydroxylation is 1. The van der Waals surface area contributed by atoms with Gasteiger partial charge in [0.1, 0.15) is 25.8 Å². The van der Waals surface area contributed by atoms with Gasteiger partial charge in [0.05, 0.1) is 10.6 Å². The van der Waals surface area contributed by atoms with Crippen LogP contribution in [0.3, 0.4) is 0 Å². The number of carbonyl (C=O) groups excluding carboxylic acids is 2. The van der Waals surface area contributed by atoms with E-state index in [4.69, 9.17) is 9.47 Å². The maximum Gasteiger partial charge on any atom is 0.264 e. The van der Waals surface area contributed by atoms with Gasteiger partial charge in [-0.2, -0.15) is 0 Å². The molecule has 256 valence electrons. The van der Waals surface area contributed by atoms with Gasteiger partial charge in [0.25, 0.3) is 10.0 Å². The van der Waals surface area contributed by atoms with Crippen molar-refractivity contribution in [2.24, 2.45) is 0 Å². The van der Waals surface area contributed by atoms with Gasteiger partial charge < -0.3 is 19.7 Å². The molecule has 10 heteroatoms. The summed E-state index contributed by atoms with van der Waals surface area (Å²) in [4.78, 5) is 30.6. The number of ether oxygens (including phenoxy) is 2. The lowest BCUT2D eigenvalue weighted by molar-refractivity contribution is -0.140. The molecule has 0 unspecified atom stereocenters. The Morgan fingerprint density at radius 2 is 1.45 bits per heavy atom. The van der Waals surface area contributed by atoms with E-state index in [0.29, 0.717) is 24.7 Å². The summed E-state index contributed by atoms with van der Waals surface area (Å²) in [5.74, 6) is 0.152. The highest BCUT2D eigenvalue weighted by molar-refractivity contribution is 7.92. The molecule has 1 fully saturated rings. The lowest BCUT2D eigenvalue weighted by atomic mass is 9.94. The highest BCUT2D eigenvalue weighted by Gasteiger charge is 2.36. The Morgan fingerprint density at radius 3 is 2.14 bits per heavy atom. The van der Waals surface area contributed by atoms with Gasteiger partial charge in [-0.15, -0.1) is 0 Å². The molecule has 4 aromatic carbocycles. The predicted octanol–water partition coefficient (Wildman–Crippen LogP) is 6.05. The molecule has 4 aromatic rings. The number of benzene rings is 4. The zero-order valence-corrected chi connectivity index (χ0v) is 28.6. The fourth-order valence-corrected chi connectivity index (χ4v) is 7.85. The third-order valence-corrected chi connectivity index (χ3v) is 10.9. The Bertz CT molecular complexity index is 1830. The third kappa shape index (κ3) is 8.43. The van der Waals surface area contributed by atoms with E-state index in [2.05, 4.69) is 5.32 Å². The first-order valence-electron chi connectivity index (χ1n) is 16.9. The van der Waals surface area contributed by atoms with Crippen molar-refractivity contribution >= 4 is 27.5 Å². The number of fused-ring (bicyclic) bond motifs is 1. The molecule has 1 heterocycles. The Hall–Kier alpha value is -4.83. The smallest absolute Gasteiger partial charge is 0.264 e. The minimum atomic E-state index is -4.23. The molecule has 1 saturated carbocycles. The number of hydrogen-bond donors (Lipinski definition) is 1. The van der Waals surface area contributed by atoms with Crippen molar-refractivity contribution < 1.29 is 27.5 Å². The predicted molar refractivity (Wildman–Crippen MR) is 189 cm³/mol. The lowest BCUT2D eigenvalue weighted by Crippen LogP contribution is -2.55. The van der Waals surface area contributed by atoms with Crippen LogP contribution in [0, 0.1) is 6.92 Å². The summed E-state index contributed by atoms with van der Waals surface area (Å²) >= 11 is 0. The van der Waals surface area contributed by atoms with Crippen LogP contribution in [0.2, 0.25) is 0 Å². The number of rotatable bonds is 12. The first-order chi connectivity index (χ1) is 23.8. The van der Waals surface area contributed by atoms with Crippen molar-refractivity contribution in [3.63, 3.8) is 0 Å². The van der Waals surface area contributed by atoms with Crippen LogP contribution < -0.4 is 19.1 Å². The topological polar surface area (TPSA) is 105 Å². The zero-order valence-electron chi connectivity index (χ0n) is 27.8. The maximum atomic E-state index is 14.8. The average Bonchev–Trinajstić information content (AvgIpc) is 3.13. The average molecular weight is 682 g/mol. The summed E-state index contributed by atoms with van der Waals surface area (Å²) in [5.41, 5.74) is 3.05. The van der Waals surface area contributed by atoms with E-state index in [0.717, 1.165) is 53.1 Å². The summed E-state index contributed by atoms with van der Waals surface area (Å²) in [7, 11) is -4.23. The molecular formula is C39H43N3O6S. The van der Waals surface area contributed by atoms with Gasteiger partial charge in [0, 0.05) is 25.1 Å². The largest absolute Gasteiger partial charge is 0.486 e. The number of nitrogens with one attached hydrogen (secondary N) is 1. The number of amides is 2. The SMILES string of the molecule is Cc1ccc(CN(C(=O)CN(c2ccc3c(c2)OCCO3)S(=O)(=O)c2ccccc2)[C@@H](Cc2ccccc2)C(=O)NC2CCCCC2)cc1. The van der Waals surface area contributed by atoms with Crippen molar-refractivity contribution in [1.82, 2.24) is 10.2 Å². The molecule has 1 aliphatic carbocycles. The molecule has 1 aliphatic heterocycles. The van der Waals surface area contributed by atoms with Gasteiger partial charge in [-0.25, -0.2) is 8.42 Å². The highest BCUT2D eigenvalue weighted by Crippen LogP contribution is 2.36. The van der Waals surface area contributed by atoms with E-state index < -0.39 is 28.5 Å². The summed E-state index contributed by atoms with van der Waals surface area (Å²) in [6.07, 6.45) is 5.28. The normalized spacial score (nSPS) is 15.2. The molecule has 0 bridgehead atoms. The Labute approximate surface area is 288 Å². The van der Waals surface area contributed by atoms with Crippen LogP contribution in [0.4, 0.5) is 5.69 Å². The Kier molecular flexibility index (Phi) is 10.8. The lowest BCUT2D eigenvalue weighted by Gasteiger charge is -2.35. The van der Waals surface area contributed by atoms with Gasteiger partial charge in [-0.1, -0.05) is 97.6 Å². The van der Waals surface area contributed by atoms with Crippen LogP contribution in [0.1, 0.15) is 48.8 Å². The second-order valence-electron chi connectivity index (χ2n) is 12.7. The molecule has 1 N–H and O–H groups in total. The second-order valence-corrected chi connectivity index (χ2v) is 14.6. The molecular weight excluding hydrogens is 639 g/mol. The van der Waals surface area contributed by atoms with Crippen LogP contribution in [-0.4, -0.2) is 57.0 Å². The van der Waals surface area contributed by atoms with E-state index in [-0.39, 0.29) is 35.5 Å². The van der Waals surface area contributed by atoms with Gasteiger partial charge in [-0.3, -0.25) is 13.9 Å². The Morgan fingerprint density at radius 1 is 0.796 bits per heavy atom. The number of sulfonamides is 1. The van der Waals surface area contributed by atoms with E-state index in [9.17, 15) is 18.0 Å². The van der Waals surface area contributed by atoms with Crippen molar-refractivity contribution in [3.8, 4) is 11.5 Å². The first-order valence-corrected chi connectivity index (χ1v) is 18.4. The van der Waals surface area contributed by atoms with Crippen molar-refractivity contribution in [3.05, 3.63) is 120 Å². The van der Waals surface area contributed by atoms with Gasteiger partial charge in [0.2, 0.25) is 11.8 Å². The fraction of sp³-hybridized carbons (Fsp3) is 0.333. The molecule has 1 atom stereocenters. The second kappa shape index (κ2) is 15.6. The number of hydrogen-bond acceptors (Lipinski definition) is 6. The molecule has 0 saturated heterocycles. The minimum absolute atomic E-state index is 0.0310. The summed E-state index contributed by atoms with van der Waals surface area (Å²) in [6, 6.07) is 29.5. The fourth-order valence-electron chi connectivity index (χ4n) is 6.42. The minimum Gasteiger partial charge on any atom is -0.486 e. The summed E-state index contributed by atoms with van der Waals surface area (Å²) < 4.78 is 41.2. The van der Waals surface area contributed by atoms with Crippen LogP contribution in [-0.2, 0) is 32.6 Å². The van der Waals surface area contributed by atoms with E-state index in [1.54, 1.807) is 41.3 Å². The standard InChI is InChI=1S/C39H43N3O6S/c1-29-17-19-31(20-18-29)27-41(35(25-30-11-5-2-6-12-30)39(44)40-32-13-7-3-8-14-32)38(43)28-42(49(45,46)34-15-9-4-10-16-34)33-21-22-36-37(26-33)48-24-23-47-36/h2,4-6,9-12,15-22,26,32,35H,3,7-8,13-14,23-25,27-28H2,1H3,(H,40,44)/t35-/m0/s1. The van der Waals surface area contributed by atoms with E-state index >= 15 is 0 Å². The third-order valence-electron chi connectivity index (χ3n) is 9.12. The van der Waals surface area contributed by atoms with E-state index in [1.807, 2.05) is 61.5 Å².